The third kappa shape index (κ3) is 4.92. The van der Waals surface area contributed by atoms with Crippen LogP contribution in [0.15, 0.2) is 29.2 Å². The third-order valence-corrected chi connectivity index (χ3v) is 5.99. The maximum absolute atomic E-state index is 12.4. The zero-order valence-electron chi connectivity index (χ0n) is 14.0. The molecule has 6 nitrogen and oxygen atoms in total. The molecule has 1 aromatic rings. The molecule has 0 atom stereocenters. The SMILES string of the molecule is CCC(CC)(CN)NC(=O)c1ccc(S(=O)(=O)NC2CC2)cc1.Cl. The molecule has 4 N–H and O–H groups in total. The molecule has 2 rings (SSSR count). The Morgan fingerprint density at radius 3 is 2.17 bits per heavy atom. The van der Waals surface area contributed by atoms with Gasteiger partial charge in [-0.2, -0.15) is 0 Å². The number of carbonyl (C=O) groups is 1. The van der Waals surface area contributed by atoms with Crippen molar-refractivity contribution in [3.63, 3.8) is 0 Å². The first kappa shape index (κ1) is 20.9. The molecule has 0 saturated heterocycles. The van der Waals surface area contributed by atoms with Gasteiger partial charge < -0.3 is 11.1 Å². The van der Waals surface area contributed by atoms with Crippen LogP contribution in [0.4, 0.5) is 0 Å². The Labute approximate surface area is 150 Å². The fourth-order valence-corrected chi connectivity index (χ4v) is 3.66. The molecule has 0 heterocycles. The van der Waals surface area contributed by atoms with E-state index in [1.54, 1.807) is 0 Å². The summed E-state index contributed by atoms with van der Waals surface area (Å²) in [4.78, 5) is 12.5. The Kier molecular flexibility index (Phi) is 7.22. The standard InChI is InChI=1S/C16H25N3O3S.ClH/c1-3-16(4-2,11-17)18-15(20)12-5-9-14(10-6-12)23(21,22)19-13-7-8-13;/h5-6,9-10,13,19H,3-4,7-8,11,17H2,1-2H3,(H,18,20);1H. The highest BCUT2D eigenvalue weighted by Crippen LogP contribution is 2.22. The molecule has 1 aliphatic carbocycles. The molecule has 0 bridgehead atoms. The van der Waals surface area contributed by atoms with Crippen LogP contribution in [0, 0.1) is 0 Å². The average Bonchev–Trinajstić information content (AvgIpc) is 3.36. The molecule has 136 valence electrons. The molecule has 1 saturated carbocycles. The van der Waals surface area contributed by atoms with Gasteiger partial charge in [-0.1, -0.05) is 13.8 Å². The quantitative estimate of drug-likeness (QED) is 0.644. The second kappa shape index (κ2) is 8.29. The maximum Gasteiger partial charge on any atom is 0.251 e. The number of amides is 1. The van der Waals surface area contributed by atoms with Gasteiger partial charge in [-0.25, -0.2) is 13.1 Å². The number of sulfonamides is 1. The highest BCUT2D eigenvalue weighted by atomic mass is 35.5. The smallest absolute Gasteiger partial charge is 0.251 e. The van der Waals surface area contributed by atoms with Crippen molar-refractivity contribution in [3.05, 3.63) is 29.8 Å². The zero-order valence-corrected chi connectivity index (χ0v) is 15.7. The Bertz CT molecular complexity index is 645. The lowest BCUT2D eigenvalue weighted by Crippen LogP contribution is -2.52. The topological polar surface area (TPSA) is 101 Å². The van der Waals surface area contributed by atoms with Crippen LogP contribution in [0.2, 0.25) is 0 Å². The van der Waals surface area contributed by atoms with Gasteiger partial charge in [-0.3, -0.25) is 4.79 Å². The first-order valence-electron chi connectivity index (χ1n) is 8.01. The van der Waals surface area contributed by atoms with Crippen LogP contribution in [-0.4, -0.2) is 32.5 Å². The Balaban J connectivity index is 0.00000288. The van der Waals surface area contributed by atoms with E-state index in [4.69, 9.17) is 5.73 Å². The summed E-state index contributed by atoms with van der Waals surface area (Å²) in [5.74, 6) is -0.238. The number of hydrogen-bond acceptors (Lipinski definition) is 4. The fraction of sp³-hybridized carbons (Fsp3) is 0.562. The first-order chi connectivity index (χ1) is 10.9. The second-order valence-electron chi connectivity index (χ2n) is 6.07. The molecule has 0 spiro atoms. The Hall–Kier alpha value is -1.15. The summed E-state index contributed by atoms with van der Waals surface area (Å²) in [5.41, 5.74) is 5.79. The van der Waals surface area contributed by atoms with Gasteiger partial charge in [0.2, 0.25) is 10.0 Å². The number of nitrogens with two attached hydrogens (primary N) is 1. The van der Waals surface area contributed by atoms with Crippen LogP contribution in [0.25, 0.3) is 0 Å². The molecule has 1 aromatic carbocycles. The van der Waals surface area contributed by atoms with E-state index < -0.39 is 15.6 Å². The van der Waals surface area contributed by atoms with Crippen LogP contribution in [0.3, 0.4) is 0 Å². The van der Waals surface area contributed by atoms with Crippen LogP contribution in [0.5, 0.6) is 0 Å². The molecule has 0 aromatic heterocycles. The van der Waals surface area contributed by atoms with Crippen molar-refractivity contribution in [2.24, 2.45) is 5.73 Å². The Morgan fingerprint density at radius 1 is 1.21 bits per heavy atom. The van der Waals surface area contributed by atoms with Gasteiger partial charge in [0.05, 0.1) is 10.4 Å². The molecule has 1 fully saturated rings. The molecule has 0 aliphatic heterocycles. The number of carbonyl (C=O) groups excluding carboxylic acids is 1. The van der Waals surface area contributed by atoms with E-state index >= 15 is 0 Å². The van der Waals surface area contributed by atoms with E-state index in [0.29, 0.717) is 12.1 Å². The minimum absolute atomic E-state index is 0. The van der Waals surface area contributed by atoms with Crippen molar-refractivity contribution in [3.8, 4) is 0 Å². The minimum atomic E-state index is -3.49. The van der Waals surface area contributed by atoms with Gasteiger partial charge in [-0.15, -0.1) is 12.4 Å². The molecular formula is C16H26ClN3O3S. The van der Waals surface area contributed by atoms with Gasteiger partial charge in [0.1, 0.15) is 0 Å². The monoisotopic (exact) mass is 375 g/mol. The van der Waals surface area contributed by atoms with Crippen molar-refractivity contribution in [2.75, 3.05) is 6.54 Å². The van der Waals surface area contributed by atoms with E-state index in [9.17, 15) is 13.2 Å². The van der Waals surface area contributed by atoms with E-state index in [0.717, 1.165) is 25.7 Å². The molecule has 0 radical (unpaired) electrons. The zero-order chi connectivity index (χ0) is 17.1. The van der Waals surface area contributed by atoms with Crippen LogP contribution < -0.4 is 15.8 Å². The summed E-state index contributed by atoms with van der Waals surface area (Å²) >= 11 is 0. The molecule has 24 heavy (non-hydrogen) atoms. The predicted molar refractivity (Wildman–Crippen MR) is 96.9 cm³/mol. The predicted octanol–water partition coefficient (Wildman–Crippen LogP) is 1.80. The van der Waals surface area contributed by atoms with Crippen molar-refractivity contribution < 1.29 is 13.2 Å². The van der Waals surface area contributed by atoms with Gasteiger partial charge in [0.25, 0.3) is 5.91 Å². The molecule has 0 unspecified atom stereocenters. The number of nitrogens with one attached hydrogen (secondary N) is 2. The van der Waals surface area contributed by atoms with E-state index in [-0.39, 0.29) is 29.3 Å². The van der Waals surface area contributed by atoms with Gasteiger partial charge >= 0.3 is 0 Å². The summed E-state index contributed by atoms with van der Waals surface area (Å²) in [6, 6.07) is 6.04. The molecule has 1 amide bonds. The lowest BCUT2D eigenvalue weighted by Gasteiger charge is -2.31. The summed E-state index contributed by atoms with van der Waals surface area (Å²) < 4.78 is 26.8. The van der Waals surface area contributed by atoms with Crippen molar-refractivity contribution >= 4 is 28.3 Å². The largest absolute Gasteiger partial charge is 0.345 e. The van der Waals surface area contributed by atoms with Crippen LogP contribution in [-0.2, 0) is 10.0 Å². The fourth-order valence-electron chi connectivity index (χ4n) is 2.35. The maximum atomic E-state index is 12.4. The number of halogens is 1. The molecule has 8 heteroatoms. The highest BCUT2D eigenvalue weighted by Gasteiger charge is 2.29. The van der Waals surface area contributed by atoms with E-state index in [1.165, 1.54) is 24.3 Å². The lowest BCUT2D eigenvalue weighted by molar-refractivity contribution is 0.0895. The second-order valence-corrected chi connectivity index (χ2v) is 7.78. The van der Waals surface area contributed by atoms with Crippen molar-refractivity contribution in [1.29, 1.82) is 0 Å². The first-order valence-corrected chi connectivity index (χ1v) is 9.49. The Morgan fingerprint density at radius 2 is 1.75 bits per heavy atom. The van der Waals surface area contributed by atoms with Crippen molar-refractivity contribution in [1.82, 2.24) is 10.0 Å². The molecule has 1 aliphatic rings. The number of benzene rings is 1. The minimum Gasteiger partial charge on any atom is -0.345 e. The highest BCUT2D eigenvalue weighted by molar-refractivity contribution is 7.89. The van der Waals surface area contributed by atoms with Crippen LogP contribution in [0.1, 0.15) is 49.9 Å². The lowest BCUT2D eigenvalue weighted by atomic mass is 9.92. The normalized spacial score (nSPS) is 14.8. The van der Waals surface area contributed by atoms with E-state index in [2.05, 4.69) is 10.0 Å². The van der Waals surface area contributed by atoms with Gasteiger partial charge in [0, 0.05) is 18.2 Å². The molecular weight excluding hydrogens is 350 g/mol. The summed E-state index contributed by atoms with van der Waals surface area (Å²) in [6.45, 7) is 4.33. The van der Waals surface area contributed by atoms with Gasteiger partial charge in [-0.05, 0) is 49.9 Å². The number of rotatable bonds is 8. The van der Waals surface area contributed by atoms with Crippen molar-refractivity contribution in [2.45, 2.75) is 56.0 Å². The average molecular weight is 376 g/mol. The number of hydrogen-bond donors (Lipinski definition) is 3. The third-order valence-electron chi connectivity index (χ3n) is 4.45. The van der Waals surface area contributed by atoms with Gasteiger partial charge in [0.15, 0.2) is 0 Å². The summed E-state index contributed by atoms with van der Waals surface area (Å²) in [5, 5.41) is 2.97. The summed E-state index contributed by atoms with van der Waals surface area (Å²) in [7, 11) is -3.49. The van der Waals surface area contributed by atoms with Crippen LogP contribution >= 0.6 is 12.4 Å². The van der Waals surface area contributed by atoms with E-state index in [1.807, 2.05) is 13.8 Å². The summed E-state index contributed by atoms with van der Waals surface area (Å²) in [6.07, 6.45) is 3.25.